The van der Waals surface area contributed by atoms with Crippen molar-refractivity contribution in [2.24, 2.45) is 7.05 Å². The number of hydrogen-bond donors (Lipinski definition) is 0. The molecule has 1 heterocycles. The Morgan fingerprint density at radius 3 is 2.47 bits per heavy atom. The van der Waals surface area contributed by atoms with Gasteiger partial charge in [0.15, 0.2) is 0 Å². The Hall–Kier alpha value is -2.11. The van der Waals surface area contributed by atoms with Gasteiger partial charge >= 0.3 is 12.1 Å². The lowest BCUT2D eigenvalue weighted by atomic mass is 10.2. The maximum absolute atomic E-state index is 11.6. The van der Waals surface area contributed by atoms with E-state index in [9.17, 15) is 9.59 Å². The maximum atomic E-state index is 11.6. The molecule has 19 heavy (non-hydrogen) atoms. The summed E-state index contributed by atoms with van der Waals surface area (Å²) in [6, 6.07) is 0. The minimum absolute atomic E-state index is 0.291. The van der Waals surface area contributed by atoms with Gasteiger partial charge in [-0.15, -0.1) is 0 Å². The van der Waals surface area contributed by atoms with Crippen LogP contribution in [-0.4, -0.2) is 27.5 Å². The molecule has 0 aliphatic rings. The van der Waals surface area contributed by atoms with Crippen LogP contribution in [0.2, 0.25) is 0 Å². The van der Waals surface area contributed by atoms with Gasteiger partial charge in [0.2, 0.25) is 0 Å². The van der Waals surface area contributed by atoms with Crippen LogP contribution >= 0.6 is 0 Å². The fraction of sp³-hybridized carbons (Fsp3) is 0.462. The molecule has 0 saturated heterocycles. The highest BCUT2D eigenvalue weighted by Crippen LogP contribution is 2.11. The quantitative estimate of drug-likeness (QED) is 0.466. The first-order valence-electron chi connectivity index (χ1n) is 5.79. The average Bonchev–Trinajstić information content (AvgIpc) is 2.60. The van der Waals surface area contributed by atoms with Crippen molar-refractivity contribution in [3.63, 3.8) is 0 Å². The molecule has 104 valence electrons. The number of rotatable bonds is 2. The number of nitrogens with zero attached hydrogens (tertiary/aromatic N) is 2. The van der Waals surface area contributed by atoms with Crippen LogP contribution in [-0.2, 0) is 21.3 Å². The van der Waals surface area contributed by atoms with E-state index in [0.29, 0.717) is 5.57 Å². The molecule has 0 aromatic carbocycles. The van der Waals surface area contributed by atoms with E-state index in [4.69, 9.17) is 4.74 Å². The Labute approximate surface area is 112 Å². The molecule has 0 aliphatic heterocycles. The highest BCUT2D eigenvalue weighted by atomic mass is 16.7. The second-order valence-corrected chi connectivity index (χ2v) is 5.13. The van der Waals surface area contributed by atoms with Gasteiger partial charge < -0.3 is 9.47 Å². The molecule has 0 bridgehead atoms. The first-order chi connectivity index (χ1) is 8.67. The van der Waals surface area contributed by atoms with Crippen LogP contribution in [0, 0.1) is 0 Å². The van der Waals surface area contributed by atoms with Gasteiger partial charge in [-0.05, 0) is 33.8 Å². The molecule has 6 nitrogen and oxygen atoms in total. The number of esters is 1. The fourth-order valence-electron chi connectivity index (χ4n) is 1.25. The normalized spacial score (nSPS) is 12.2. The van der Waals surface area contributed by atoms with Crippen molar-refractivity contribution in [3.05, 3.63) is 23.5 Å². The highest BCUT2D eigenvalue weighted by Gasteiger charge is 2.20. The van der Waals surface area contributed by atoms with Gasteiger partial charge in [0.1, 0.15) is 5.60 Å². The fourth-order valence-corrected chi connectivity index (χ4v) is 1.25. The Morgan fingerprint density at radius 1 is 1.37 bits per heavy atom. The molecule has 0 atom stereocenters. The Bertz CT molecular complexity index is 509. The molecule has 0 spiro atoms. The van der Waals surface area contributed by atoms with E-state index >= 15 is 0 Å². The maximum Gasteiger partial charge on any atom is 0.516 e. The van der Waals surface area contributed by atoms with Gasteiger partial charge in [0, 0.05) is 24.4 Å². The van der Waals surface area contributed by atoms with Crippen molar-refractivity contribution in [2.75, 3.05) is 0 Å². The summed E-state index contributed by atoms with van der Waals surface area (Å²) in [5.41, 5.74) is 0.346. The monoisotopic (exact) mass is 266 g/mol. The SMILES string of the molecule is C/C(=C/c1cnn(C)c1)C(=O)OC(=O)OC(C)(C)C. The van der Waals surface area contributed by atoms with E-state index < -0.39 is 17.7 Å². The van der Waals surface area contributed by atoms with Crippen LogP contribution < -0.4 is 0 Å². The number of aryl methyl sites for hydroxylation is 1. The summed E-state index contributed by atoms with van der Waals surface area (Å²) in [6.07, 6.45) is 3.92. The molecule has 6 heteroatoms. The van der Waals surface area contributed by atoms with Gasteiger partial charge in [-0.25, -0.2) is 9.59 Å². The third-order valence-electron chi connectivity index (χ3n) is 2.00. The van der Waals surface area contributed by atoms with Crippen molar-refractivity contribution in [1.29, 1.82) is 0 Å². The summed E-state index contributed by atoms with van der Waals surface area (Å²) >= 11 is 0. The first kappa shape index (κ1) is 14.9. The zero-order chi connectivity index (χ0) is 14.6. The third-order valence-corrected chi connectivity index (χ3v) is 2.00. The van der Waals surface area contributed by atoms with Crippen LogP contribution in [0.5, 0.6) is 0 Å². The number of carbonyl (C=O) groups is 2. The first-order valence-corrected chi connectivity index (χ1v) is 5.79. The summed E-state index contributed by atoms with van der Waals surface area (Å²) in [5, 5.41) is 3.97. The zero-order valence-electron chi connectivity index (χ0n) is 11.8. The average molecular weight is 266 g/mol. The van der Waals surface area contributed by atoms with Crippen molar-refractivity contribution in [2.45, 2.75) is 33.3 Å². The minimum Gasteiger partial charge on any atom is -0.428 e. The van der Waals surface area contributed by atoms with E-state index in [1.807, 2.05) is 0 Å². The Morgan fingerprint density at radius 2 is 2.00 bits per heavy atom. The summed E-state index contributed by atoms with van der Waals surface area (Å²) in [4.78, 5) is 23.0. The van der Waals surface area contributed by atoms with E-state index in [2.05, 4.69) is 9.84 Å². The minimum atomic E-state index is -1.00. The zero-order valence-corrected chi connectivity index (χ0v) is 11.8. The molecule has 0 N–H and O–H groups in total. The van der Waals surface area contributed by atoms with Crippen molar-refractivity contribution >= 4 is 18.2 Å². The molecule has 0 radical (unpaired) electrons. The molecule has 0 unspecified atom stereocenters. The van der Waals surface area contributed by atoms with Crippen molar-refractivity contribution in [1.82, 2.24) is 9.78 Å². The third kappa shape index (κ3) is 5.37. The number of ether oxygens (including phenoxy) is 2. The van der Waals surface area contributed by atoms with Gasteiger partial charge in [-0.1, -0.05) is 0 Å². The molecule has 1 rings (SSSR count). The van der Waals surface area contributed by atoms with Crippen molar-refractivity contribution in [3.8, 4) is 0 Å². The van der Waals surface area contributed by atoms with Gasteiger partial charge in [0.25, 0.3) is 0 Å². The highest BCUT2D eigenvalue weighted by molar-refractivity contribution is 5.97. The van der Waals surface area contributed by atoms with Crippen LogP contribution in [0.25, 0.3) is 6.08 Å². The molecule has 0 amide bonds. The lowest BCUT2D eigenvalue weighted by molar-refractivity contribution is -0.136. The molecule has 0 fully saturated rings. The second kappa shape index (κ2) is 5.69. The summed E-state index contributed by atoms with van der Waals surface area (Å²) in [7, 11) is 1.77. The lowest BCUT2D eigenvalue weighted by Gasteiger charge is -2.18. The molecular formula is C13H18N2O4. The predicted molar refractivity (Wildman–Crippen MR) is 69.2 cm³/mol. The summed E-state index contributed by atoms with van der Waals surface area (Å²) in [6.45, 7) is 6.63. The smallest absolute Gasteiger partial charge is 0.428 e. The number of hydrogen-bond acceptors (Lipinski definition) is 5. The Kier molecular flexibility index (Phi) is 4.47. The van der Waals surface area contributed by atoms with Crippen LogP contribution in [0.1, 0.15) is 33.3 Å². The lowest BCUT2D eigenvalue weighted by Crippen LogP contribution is -2.26. The standard InChI is InChI=1S/C13H18N2O4/c1-9(6-10-7-14-15(5)8-10)11(16)18-12(17)19-13(2,3)4/h6-8H,1-5H3/b9-6-. The number of aromatic nitrogens is 2. The molecular weight excluding hydrogens is 248 g/mol. The van der Waals surface area contributed by atoms with E-state index in [1.54, 1.807) is 57.9 Å². The summed E-state index contributed by atoms with van der Waals surface area (Å²) in [5.74, 6) is -0.738. The van der Waals surface area contributed by atoms with Crippen molar-refractivity contribution < 1.29 is 19.1 Å². The topological polar surface area (TPSA) is 70.4 Å². The largest absolute Gasteiger partial charge is 0.516 e. The van der Waals surface area contributed by atoms with Crippen LogP contribution in [0.15, 0.2) is 18.0 Å². The summed E-state index contributed by atoms with van der Waals surface area (Å²) < 4.78 is 11.1. The van der Waals surface area contributed by atoms with Gasteiger partial charge in [0.05, 0.1) is 6.20 Å². The molecule has 1 aromatic heterocycles. The van der Waals surface area contributed by atoms with E-state index in [-0.39, 0.29) is 0 Å². The van der Waals surface area contributed by atoms with Crippen LogP contribution in [0.4, 0.5) is 4.79 Å². The molecule has 0 saturated carbocycles. The van der Waals surface area contributed by atoms with Crippen LogP contribution in [0.3, 0.4) is 0 Å². The number of carbonyl (C=O) groups excluding carboxylic acids is 2. The second-order valence-electron chi connectivity index (χ2n) is 5.13. The predicted octanol–water partition coefficient (Wildman–Crippen LogP) is 2.30. The molecule has 0 aliphatic carbocycles. The van der Waals surface area contributed by atoms with E-state index in [0.717, 1.165) is 5.56 Å². The van der Waals surface area contributed by atoms with E-state index in [1.165, 1.54) is 0 Å². The van der Waals surface area contributed by atoms with Gasteiger partial charge in [-0.3, -0.25) is 4.68 Å². The Balaban J connectivity index is 2.63. The molecule has 1 aromatic rings. The van der Waals surface area contributed by atoms with Gasteiger partial charge in [-0.2, -0.15) is 5.10 Å².